The number of benzene rings is 1. The molecule has 0 aliphatic heterocycles. The van der Waals surface area contributed by atoms with Crippen molar-refractivity contribution in [2.75, 3.05) is 5.32 Å². The minimum Gasteiger partial charge on any atom is -0.331 e. The number of rotatable bonds is 7. The smallest absolute Gasteiger partial charge is 0.331 e. The fourth-order valence-corrected chi connectivity index (χ4v) is 1.71. The predicted molar refractivity (Wildman–Crippen MR) is 86.2 cm³/mol. The summed E-state index contributed by atoms with van der Waals surface area (Å²) in [7, 11) is 0. The van der Waals surface area contributed by atoms with Crippen molar-refractivity contribution in [2.45, 2.75) is 32.6 Å². The Balaban J connectivity index is 2.34. The highest BCUT2D eigenvalue weighted by Crippen LogP contribution is 2.10. The van der Waals surface area contributed by atoms with Crippen LogP contribution < -0.4 is 5.32 Å². The molecule has 0 saturated heterocycles. The molecule has 0 atom stereocenters. The maximum atomic E-state index is 11.8. The first kappa shape index (κ1) is 18.9. The number of amides is 3. The molecule has 1 aromatic rings. The molecule has 0 fully saturated rings. The molecule has 7 nitrogen and oxygen atoms in total. The van der Waals surface area contributed by atoms with E-state index in [-0.39, 0.29) is 38.0 Å². The van der Waals surface area contributed by atoms with Crippen molar-refractivity contribution < 1.29 is 24.0 Å². The second-order valence-electron chi connectivity index (χ2n) is 4.77. The van der Waals surface area contributed by atoms with Gasteiger partial charge in [-0.3, -0.25) is 14.4 Å². The minimum absolute atomic E-state index is 0.0346. The molecule has 0 unspecified atom stereocenters. The number of hydrogen-bond acceptors (Lipinski definition) is 5. The van der Waals surface area contributed by atoms with Gasteiger partial charge in [-0.1, -0.05) is 12.8 Å². The van der Waals surface area contributed by atoms with E-state index in [9.17, 15) is 19.2 Å². The summed E-state index contributed by atoms with van der Waals surface area (Å²) in [4.78, 5) is 49.8. The molecule has 1 rings (SSSR count). The number of carbonyl (C=O) groups is 4. The number of nitrogens with zero attached hydrogens (tertiary/aromatic N) is 1. The maximum Gasteiger partial charge on any atom is 0.333 e. The number of anilines is 1. The molecule has 0 aliphatic rings. The largest absolute Gasteiger partial charge is 0.333 e. The molecule has 3 amide bonds. The summed E-state index contributed by atoms with van der Waals surface area (Å²) in [6, 6.07) is 6.76. The summed E-state index contributed by atoms with van der Waals surface area (Å²) in [5.41, 5.74) is 1.30. The molecule has 0 aromatic heterocycles. The summed E-state index contributed by atoms with van der Waals surface area (Å²) in [6.07, 6.45) is 5.63. The number of hydroxylamine groups is 2. The van der Waals surface area contributed by atoms with E-state index in [1.807, 2.05) is 0 Å². The first-order valence-electron chi connectivity index (χ1n) is 7.34. The lowest BCUT2D eigenvalue weighted by Crippen LogP contribution is -2.31. The Labute approximate surface area is 139 Å². The van der Waals surface area contributed by atoms with Crippen molar-refractivity contribution in [3.8, 4) is 12.3 Å². The van der Waals surface area contributed by atoms with Gasteiger partial charge >= 0.3 is 5.97 Å². The Hall–Kier alpha value is -3.14. The first-order valence-corrected chi connectivity index (χ1v) is 7.34. The zero-order valence-corrected chi connectivity index (χ0v) is 13.3. The molecule has 1 aromatic carbocycles. The van der Waals surface area contributed by atoms with Gasteiger partial charge in [-0.2, -0.15) is 0 Å². The second kappa shape index (κ2) is 9.79. The maximum absolute atomic E-state index is 11.8. The monoisotopic (exact) mass is 330 g/mol. The highest BCUT2D eigenvalue weighted by Gasteiger charge is 2.16. The van der Waals surface area contributed by atoms with Gasteiger partial charge in [0.2, 0.25) is 5.91 Å². The van der Waals surface area contributed by atoms with E-state index < -0.39 is 11.9 Å². The lowest BCUT2D eigenvalue weighted by molar-refractivity contribution is -0.196. The van der Waals surface area contributed by atoms with Crippen LogP contribution >= 0.6 is 0 Å². The van der Waals surface area contributed by atoms with Crippen molar-refractivity contribution in [1.29, 1.82) is 0 Å². The summed E-state index contributed by atoms with van der Waals surface area (Å²) in [6.45, 7) is 1.53. The standard InChI is InChI=1S/C17H18N2O5/c1-3-13-8-10-14(11-9-13)18-15(21)6-5-7-17(23)24-19(12-20)16(22)4-2/h1,8-12H,4-7H2,2H3,(H,18,21). The van der Waals surface area contributed by atoms with Gasteiger partial charge in [-0.15, -0.1) is 11.5 Å². The topological polar surface area (TPSA) is 92.8 Å². The molecule has 0 spiro atoms. The van der Waals surface area contributed by atoms with Crippen LogP contribution in [0.5, 0.6) is 0 Å². The number of hydrogen-bond donors (Lipinski definition) is 1. The molecule has 0 radical (unpaired) electrons. The molecular formula is C17H18N2O5. The molecule has 0 saturated carbocycles. The summed E-state index contributed by atoms with van der Waals surface area (Å²) >= 11 is 0. The fraction of sp³-hybridized carbons (Fsp3) is 0.294. The Morgan fingerprint density at radius 2 is 1.92 bits per heavy atom. The van der Waals surface area contributed by atoms with E-state index in [0.29, 0.717) is 16.3 Å². The molecule has 1 N–H and O–H groups in total. The summed E-state index contributed by atoms with van der Waals surface area (Å²) < 4.78 is 0. The highest BCUT2D eigenvalue weighted by atomic mass is 16.7. The van der Waals surface area contributed by atoms with Crippen LogP contribution in [0.3, 0.4) is 0 Å². The Morgan fingerprint density at radius 1 is 1.25 bits per heavy atom. The molecule has 126 valence electrons. The van der Waals surface area contributed by atoms with E-state index in [2.05, 4.69) is 16.1 Å². The third-order valence-corrected chi connectivity index (χ3v) is 2.96. The van der Waals surface area contributed by atoms with Crippen LogP contribution in [0.2, 0.25) is 0 Å². The molecule has 7 heteroatoms. The van der Waals surface area contributed by atoms with E-state index in [0.717, 1.165) is 0 Å². The van der Waals surface area contributed by atoms with Crippen molar-refractivity contribution in [2.24, 2.45) is 0 Å². The van der Waals surface area contributed by atoms with Crippen LogP contribution in [-0.4, -0.2) is 29.3 Å². The van der Waals surface area contributed by atoms with Gasteiger partial charge in [-0.25, -0.2) is 4.79 Å². The normalized spacial score (nSPS) is 9.50. The molecule has 0 heterocycles. The quantitative estimate of drug-likeness (QED) is 0.466. The third-order valence-electron chi connectivity index (χ3n) is 2.96. The van der Waals surface area contributed by atoms with Crippen LogP contribution in [0.25, 0.3) is 0 Å². The van der Waals surface area contributed by atoms with Crippen LogP contribution in [-0.2, 0) is 24.0 Å². The zero-order valence-electron chi connectivity index (χ0n) is 13.3. The average molecular weight is 330 g/mol. The summed E-state index contributed by atoms with van der Waals surface area (Å²) in [5.74, 6) is 0.826. The molecular weight excluding hydrogens is 312 g/mol. The SMILES string of the molecule is C#Cc1ccc(NC(=O)CCCC(=O)ON(C=O)C(=O)CC)cc1. The van der Waals surface area contributed by atoms with Crippen LogP contribution in [0.4, 0.5) is 5.69 Å². The molecule has 24 heavy (non-hydrogen) atoms. The number of nitrogens with one attached hydrogen (secondary N) is 1. The van der Waals surface area contributed by atoms with E-state index in [1.165, 1.54) is 6.92 Å². The van der Waals surface area contributed by atoms with Crippen LogP contribution in [0.15, 0.2) is 24.3 Å². The first-order chi connectivity index (χ1) is 11.5. The highest BCUT2D eigenvalue weighted by molar-refractivity contribution is 5.91. The predicted octanol–water partition coefficient (Wildman–Crippen LogP) is 1.63. The average Bonchev–Trinajstić information content (AvgIpc) is 2.59. The number of imide groups is 1. The van der Waals surface area contributed by atoms with Gasteiger partial charge in [0.15, 0.2) is 0 Å². The van der Waals surface area contributed by atoms with E-state index in [1.54, 1.807) is 24.3 Å². The van der Waals surface area contributed by atoms with Gasteiger partial charge in [-0.05, 0) is 30.7 Å². The van der Waals surface area contributed by atoms with Crippen LogP contribution in [0, 0.1) is 12.3 Å². The van der Waals surface area contributed by atoms with Gasteiger partial charge in [0.05, 0.1) is 0 Å². The zero-order chi connectivity index (χ0) is 17.9. The van der Waals surface area contributed by atoms with Gasteiger partial charge in [0.25, 0.3) is 12.3 Å². The van der Waals surface area contributed by atoms with Gasteiger partial charge in [0, 0.05) is 30.5 Å². The van der Waals surface area contributed by atoms with Crippen molar-refractivity contribution in [3.05, 3.63) is 29.8 Å². The number of carbonyl (C=O) groups excluding carboxylic acids is 4. The fourth-order valence-electron chi connectivity index (χ4n) is 1.71. The Morgan fingerprint density at radius 3 is 2.46 bits per heavy atom. The Kier molecular flexibility index (Phi) is 7.71. The van der Waals surface area contributed by atoms with Crippen molar-refractivity contribution >= 4 is 29.9 Å². The third kappa shape index (κ3) is 6.32. The Bertz CT molecular complexity index is 646. The molecule has 0 aliphatic carbocycles. The number of terminal acetylenes is 1. The van der Waals surface area contributed by atoms with Gasteiger partial charge < -0.3 is 10.2 Å². The lowest BCUT2D eigenvalue weighted by atomic mass is 10.2. The van der Waals surface area contributed by atoms with E-state index in [4.69, 9.17) is 6.42 Å². The lowest BCUT2D eigenvalue weighted by Gasteiger charge is -2.13. The van der Waals surface area contributed by atoms with Crippen molar-refractivity contribution in [1.82, 2.24) is 5.06 Å². The van der Waals surface area contributed by atoms with Crippen molar-refractivity contribution in [3.63, 3.8) is 0 Å². The molecule has 0 bridgehead atoms. The van der Waals surface area contributed by atoms with Crippen LogP contribution in [0.1, 0.15) is 38.2 Å². The second-order valence-corrected chi connectivity index (χ2v) is 4.77. The summed E-state index contributed by atoms with van der Waals surface area (Å²) in [5, 5.41) is 3.02. The van der Waals surface area contributed by atoms with E-state index >= 15 is 0 Å². The minimum atomic E-state index is -0.755. The van der Waals surface area contributed by atoms with Gasteiger partial charge in [0.1, 0.15) is 0 Å².